The molecule has 4 nitrogen and oxygen atoms in total. The van der Waals surface area contributed by atoms with Gasteiger partial charge in [-0.25, -0.2) is 0 Å². The van der Waals surface area contributed by atoms with Crippen LogP contribution >= 0.6 is 0 Å². The summed E-state index contributed by atoms with van der Waals surface area (Å²) in [6, 6.07) is 0. The Morgan fingerprint density at radius 2 is 1.94 bits per heavy atom. The summed E-state index contributed by atoms with van der Waals surface area (Å²) >= 11 is 0. The summed E-state index contributed by atoms with van der Waals surface area (Å²) < 4.78 is 0. The van der Waals surface area contributed by atoms with Gasteiger partial charge in [-0.3, -0.25) is 9.69 Å². The molecular formula is C14H29N3O. The normalized spacial score (nSPS) is 19.9. The summed E-state index contributed by atoms with van der Waals surface area (Å²) in [5, 5.41) is 3.37. The molecule has 0 heterocycles. The molecule has 1 aliphatic rings. The molecule has 0 spiro atoms. The lowest BCUT2D eigenvalue weighted by Gasteiger charge is -2.42. The van der Waals surface area contributed by atoms with Gasteiger partial charge in [-0.05, 0) is 52.6 Å². The Hall–Kier alpha value is -0.610. The van der Waals surface area contributed by atoms with E-state index in [0.717, 1.165) is 25.8 Å². The van der Waals surface area contributed by atoms with Crippen molar-refractivity contribution >= 4 is 5.91 Å². The molecule has 1 fully saturated rings. The first kappa shape index (κ1) is 15.4. The van der Waals surface area contributed by atoms with E-state index in [1.807, 2.05) is 6.92 Å². The zero-order valence-corrected chi connectivity index (χ0v) is 12.5. The van der Waals surface area contributed by atoms with Crippen LogP contribution < -0.4 is 11.1 Å². The second kappa shape index (κ2) is 5.57. The van der Waals surface area contributed by atoms with Crippen LogP contribution in [-0.2, 0) is 4.79 Å². The van der Waals surface area contributed by atoms with Crippen molar-refractivity contribution in [1.29, 1.82) is 0 Å². The zero-order valence-electron chi connectivity index (χ0n) is 12.5. The topological polar surface area (TPSA) is 58.4 Å². The summed E-state index contributed by atoms with van der Waals surface area (Å²) in [6.45, 7) is 10.1. The molecular weight excluding hydrogens is 226 g/mol. The lowest BCUT2D eigenvalue weighted by Crippen LogP contribution is -2.64. The lowest BCUT2D eigenvalue weighted by molar-refractivity contribution is -0.126. The predicted octanol–water partition coefficient (Wildman–Crippen LogP) is 1.35. The molecule has 0 aliphatic heterocycles. The maximum atomic E-state index is 12.0. The number of hydrogen-bond donors (Lipinski definition) is 2. The first-order chi connectivity index (χ1) is 8.30. The predicted molar refractivity (Wildman–Crippen MR) is 75.3 cm³/mol. The van der Waals surface area contributed by atoms with Gasteiger partial charge in [-0.15, -0.1) is 0 Å². The first-order valence-electron chi connectivity index (χ1n) is 7.06. The molecule has 1 atom stereocenters. The van der Waals surface area contributed by atoms with Crippen molar-refractivity contribution < 1.29 is 4.79 Å². The minimum atomic E-state index is -0.546. The highest BCUT2D eigenvalue weighted by molar-refractivity contribution is 5.86. The minimum absolute atomic E-state index is 0.0883. The fraction of sp³-hybridized carbons (Fsp3) is 0.929. The Balaban J connectivity index is 2.87. The van der Waals surface area contributed by atoms with Gasteiger partial charge in [0.15, 0.2) is 0 Å². The van der Waals surface area contributed by atoms with Crippen molar-refractivity contribution in [3.8, 4) is 0 Å². The number of nitrogens with two attached hydrogens (primary N) is 1. The van der Waals surface area contributed by atoms with Gasteiger partial charge in [0, 0.05) is 12.1 Å². The third-order valence-corrected chi connectivity index (χ3v) is 4.59. The van der Waals surface area contributed by atoms with Gasteiger partial charge in [-0.2, -0.15) is 0 Å². The number of nitrogens with one attached hydrogen (secondary N) is 1. The SMILES string of the molecule is CCNC(CN(C)C(C)(C)CC)(C(N)=O)C1CC1. The van der Waals surface area contributed by atoms with E-state index in [2.05, 4.69) is 38.0 Å². The van der Waals surface area contributed by atoms with Crippen LogP contribution in [0.1, 0.15) is 47.0 Å². The van der Waals surface area contributed by atoms with E-state index in [1.165, 1.54) is 0 Å². The smallest absolute Gasteiger partial charge is 0.239 e. The van der Waals surface area contributed by atoms with Crippen LogP contribution in [0.2, 0.25) is 0 Å². The van der Waals surface area contributed by atoms with Crippen molar-refractivity contribution in [3.05, 3.63) is 0 Å². The maximum absolute atomic E-state index is 12.0. The van der Waals surface area contributed by atoms with Crippen molar-refractivity contribution in [2.45, 2.75) is 58.0 Å². The van der Waals surface area contributed by atoms with E-state index in [-0.39, 0.29) is 11.4 Å². The number of hydrogen-bond acceptors (Lipinski definition) is 3. The van der Waals surface area contributed by atoms with Gasteiger partial charge in [-0.1, -0.05) is 13.8 Å². The molecule has 1 amide bonds. The van der Waals surface area contributed by atoms with Gasteiger partial charge in [0.05, 0.1) is 0 Å². The second-order valence-corrected chi connectivity index (χ2v) is 6.16. The van der Waals surface area contributed by atoms with Crippen molar-refractivity contribution in [1.82, 2.24) is 10.2 Å². The van der Waals surface area contributed by atoms with Crippen LogP contribution in [0.3, 0.4) is 0 Å². The van der Waals surface area contributed by atoms with Crippen LogP contribution in [0.25, 0.3) is 0 Å². The van der Waals surface area contributed by atoms with E-state index < -0.39 is 5.54 Å². The summed E-state index contributed by atoms with van der Waals surface area (Å²) in [6.07, 6.45) is 3.27. The lowest BCUT2D eigenvalue weighted by atomic mass is 9.88. The van der Waals surface area contributed by atoms with E-state index in [1.54, 1.807) is 0 Å². The first-order valence-corrected chi connectivity index (χ1v) is 7.06. The van der Waals surface area contributed by atoms with Gasteiger partial charge in [0.2, 0.25) is 5.91 Å². The number of carbonyl (C=O) groups is 1. The highest BCUT2D eigenvalue weighted by atomic mass is 16.1. The number of carbonyl (C=O) groups excluding carboxylic acids is 1. The molecule has 1 saturated carbocycles. The fourth-order valence-corrected chi connectivity index (χ4v) is 2.45. The molecule has 1 aliphatic carbocycles. The Kier molecular flexibility index (Phi) is 4.78. The van der Waals surface area contributed by atoms with Crippen molar-refractivity contribution in [2.75, 3.05) is 20.1 Å². The van der Waals surface area contributed by atoms with E-state index in [9.17, 15) is 4.79 Å². The minimum Gasteiger partial charge on any atom is -0.368 e. The summed E-state index contributed by atoms with van der Waals surface area (Å²) in [5.41, 5.74) is 5.25. The quantitative estimate of drug-likeness (QED) is 0.688. The van der Waals surface area contributed by atoms with Crippen molar-refractivity contribution in [2.24, 2.45) is 11.7 Å². The standard InChI is InChI=1S/C14H29N3O/c1-6-13(3,4)17(5)10-14(12(15)18,16-7-2)11-8-9-11/h11,16H,6-10H2,1-5H3,(H2,15,18). The maximum Gasteiger partial charge on any atom is 0.239 e. The third kappa shape index (κ3) is 3.04. The summed E-state index contributed by atoms with van der Waals surface area (Å²) in [7, 11) is 2.08. The van der Waals surface area contributed by atoms with Crippen LogP contribution in [0.5, 0.6) is 0 Å². The van der Waals surface area contributed by atoms with Crippen molar-refractivity contribution in [3.63, 3.8) is 0 Å². The molecule has 0 radical (unpaired) electrons. The van der Waals surface area contributed by atoms with Gasteiger partial charge in [0.1, 0.15) is 5.54 Å². The number of rotatable bonds is 8. The average molecular weight is 255 g/mol. The third-order valence-electron chi connectivity index (χ3n) is 4.59. The average Bonchev–Trinajstić information content (AvgIpc) is 3.11. The number of primary amides is 1. The van der Waals surface area contributed by atoms with E-state index in [0.29, 0.717) is 12.5 Å². The molecule has 0 aromatic rings. The molecule has 0 bridgehead atoms. The van der Waals surface area contributed by atoms with Crippen LogP contribution in [0.15, 0.2) is 0 Å². The molecule has 0 aromatic carbocycles. The number of likely N-dealkylation sites (N-methyl/N-ethyl adjacent to an activating group) is 2. The molecule has 18 heavy (non-hydrogen) atoms. The molecule has 0 aromatic heterocycles. The summed E-state index contributed by atoms with van der Waals surface area (Å²) in [5.74, 6) is 0.204. The molecule has 3 N–H and O–H groups in total. The van der Waals surface area contributed by atoms with Gasteiger partial charge < -0.3 is 11.1 Å². The van der Waals surface area contributed by atoms with Crippen LogP contribution in [0, 0.1) is 5.92 Å². The highest BCUT2D eigenvalue weighted by Crippen LogP contribution is 2.40. The molecule has 1 unspecified atom stereocenters. The second-order valence-electron chi connectivity index (χ2n) is 6.16. The molecule has 1 rings (SSSR count). The highest BCUT2D eigenvalue weighted by Gasteiger charge is 2.50. The Labute approximate surface area is 111 Å². The fourth-order valence-electron chi connectivity index (χ4n) is 2.45. The number of nitrogens with zero attached hydrogens (tertiary/aromatic N) is 1. The molecule has 106 valence electrons. The Morgan fingerprint density at radius 3 is 2.28 bits per heavy atom. The number of amides is 1. The zero-order chi connectivity index (χ0) is 14.0. The molecule has 0 saturated heterocycles. The van der Waals surface area contributed by atoms with Crippen LogP contribution in [0.4, 0.5) is 0 Å². The monoisotopic (exact) mass is 255 g/mol. The van der Waals surface area contributed by atoms with E-state index >= 15 is 0 Å². The Bertz CT molecular complexity index is 299. The van der Waals surface area contributed by atoms with E-state index in [4.69, 9.17) is 5.73 Å². The van der Waals surface area contributed by atoms with Gasteiger partial charge in [0.25, 0.3) is 0 Å². The van der Waals surface area contributed by atoms with Crippen LogP contribution in [-0.4, -0.2) is 42.0 Å². The Morgan fingerprint density at radius 1 is 1.39 bits per heavy atom. The van der Waals surface area contributed by atoms with Gasteiger partial charge >= 0.3 is 0 Å². The summed E-state index contributed by atoms with van der Waals surface area (Å²) in [4.78, 5) is 14.2. The largest absolute Gasteiger partial charge is 0.368 e. The molecule has 4 heteroatoms.